The molecule has 0 aromatic carbocycles. The molecule has 1 aromatic rings. The molecule has 1 heterocycles. The van der Waals surface area contributed by atoms with E-state index in [0.717, 1.165) is 49.5 Å². The van der Waals surface area contributed by atoms with Crippen molar-refractivity contribution >= 4 is 11.3 Å². The molecule has 1 aliphatic carbocycles. The molecule has 0 radical (unpaired) electrons. The maximum atomic E-state index is 13.0. The molecule has 0 bridgehead atoms. The zero-order valence-corrected chi connectivity index (χ0v) is 16.6. The average molecular weight is 375 g/mol. The second-order valence-corrected chi connectivity index (χ2v) is 8.27. The van der Waals surface area contributed by atoms with E-state index < -0.39 is 12.5 Å². The molecule has 1 saturated carbocycles. The summed E-state index contributed by atoms with van der Waals surface area (Å²) < 4.78 is 31.2. The summed E-state index contributed by atoms with van der Waals surface area (Å²) in [6.07, 6.45) is 9.02. The molecule has 0 spiro atoms. The summed E-state index contributed by atoms with van der Waals surface area (Å²) in [6, 6.07) is 0. The van der Waals surface area contributed by atoms with Gasteiger partial charge in [-0.05, 0) is 31.8 Å². The Balaban J connectivity index is 1.90. The molecule has 0 amide bonds. The van der Waals surface area contributed by atoms with Crippen LogP contribution in [0.2, 0.25) is 0 Å². The quantitative estimate of drug-likeness (QED) is 0.538. The van der Waals surface area contributed by atoms with Crippen molar-refractivity contribution in [1.82, 2.24) is 9.88 Å². The first kappa shape index (κ1) is 20.6. The second kappa shape index (κ2) is 9.81. The van der Waals surface area contributed by atoms with Gasteiger partial charge in [0.25, 0.3) is 11.1 Å². The van der Waals surface area contributed by atoms with E-state index in [2.05, 4.69) is 23.7 Å². The highest BCUT2D eigenvalue weighted by Gasteiger charge is 2.24. The van der Waals surface area contributed by atoms with Crippen molar-refractivity contribution in [2.75, 3.05) is 19.7 Å². The first-order valence-corrected chi connectivity index (χ1v) is 10.4. The van der Waals surface area contributed by atoms with E-state index in [0.29, 0.717) is 5.19 Å². The Morgan fingerprint density at radius 3 is 2.56 bits per heavy atom. The lowest BCUT2D eigenvalue weighted by Gasteiger charge is -2.26. The van der Waals surface area contributed by atoms with Crippen molar-refractivity contribution in [3.05, 3.63) is 10.6 Å². The summed E-state index contributed by atoms with van der Waals surface area (Å²) in [4.78, 5) is 8.05. The first-order chi connectivity index (χ1) is 11.9. The van der Waals surface area contributed by atoms with Crippen molar-refractivity contribution in [3.8, 4) is 5.19 Å². The summed E-state index contributed by atoms with van der Waals surface area (Å²) in [5.41, 5.74) is 0.993. The number of hydrogen-bond acceptors (Lipinski definition) is 4. The minimum atomic E-state index is -2.83. The number of aryl methyl sites for hydroxylation is 1. The van der Waals surface area contributed by atoms with Gasteiger partial charge in [-0.2, -0.15) is 0 Å². The van der Waals surface area contributed by atoms with Crippen LogP contribution in [0.15, 0.2) is 0 Å². The molecule has 0 atom stereocenters. The van der Waals surface area contributed by atoms with Gasteiger partial charge in [0, 0.05) is 18.3 Å². The third-order valence-electron chi connectivity index (χ3n) is 4.93. The van der Waals surface area contributed by atoms with E-state index in [1.165, 1.54) is 49.9 Å². The normalized spacial score (nSPS) is 16.6. The average Bonchev–Trinajstić information content (AvgIpc) is 2.99. The molecule has 0 saturated heterocycles. The number of halogens is 2. The van der Waals surface area contributed by atoms with Crippen LogP contribution in [0.3, 0.4) is 0 Å². The number of hydrogen-bond donors (Lipinski definition) is 0. The number of rotatable bonds is 10. The molecule has 1 aliphatic rings. The maximum absolute atomic E-state index is 13.0. The lowest BCUT2D eigenvalue weighted by Crippen LogP contribution is -2.26. The summed E-state index contributed by atoms with van der Waals surface area (Å²) in [6.45, 7) is 7.37. The Kier molecular flexibility index (Phi) is 8.07. The maximum Gasteiger partial charge on any atom is 0.278 e. The van der Waals surface area contributed by atoms with Crippen LogP contribution in [0.1, 0.15) is 69.9 Å². The van der Waals surface area contributed by atoms with E-state index >= 15 is 0 Å². The Labute approximate surface area is 154 Å². The van der Waals surface area contributed by atoms with E-state index in [4.69, 9.17) is 4.74 Å². The Morgan fingerprint density at radius 2 is 1.96 bits per heavy atom. The summed E-state index contributed by atoms with van der Waals surface area (Å²) in [5, 5.41) is 0.372. The van der Waals surface area contributed by atoms with E-state index in [-0.39, 0.29) is 0 Å². The van der Waals surface area contributed by atoms with Crippen LogP contribution in [-0.2, 0) is 13.0 Å². The predicted octanol–water partition coefficient (Wildman–Crippen LogP) is 5.53. The summed E-state index contributed by atoms with van der Waals surface area (Å²) in [5.74, 6) is -1.96. The predicted molar refractivity (Wildman–Crippen MR) is 99.8 cm³/mol. The number of alkyl halides is 2. The zero-order valence-electron chi connectivity index (χ0n) is 15.8. The van der Waals surface area contributed by atoms with Crippen LogP contribution in [-0.4, -0.2) is 35.5 Å². The Bertz CT molecular complexity index is 510. The van der Waals surface area contributed by atoms with Gasteiger partial charge in [-0.25, -0.2) is 13.8 Å². The van der Waals surface area contributed by atoms with Crippen molar-refractivity contribution in [1.29, 1.82) is 0 Å². The van der Waals surface area contributed by atoms with Crippen molar-refractivity contribution in [3.63, 3.8) is 0 Å². The van der Waals surface area contributed by atoms with Crippen LogP contribution in [0.5, 0.6) is 5.19 Å². The van der Waals surface area contributed by atoms with Crippen molar-refractivity contribution in [2.24, 2.45) is 5.92 Å². The van der Waals surface area contributed by atoms with Crippen LogP contribution in [0.4, 0.5) is 8.78 Å². The molecule has 25 heavy (non-hydrogen) atoms. The largest absolute Gasteiger partial charge is 0.464 e. The fourth-order valence-electron chi connectivity index (χ4n) is 3.41. The van der Waals surface area contributed by atoms with Crippen molar-refractivity contribution in [2.45, 2.75) is 78.2 Å². The van der Waals surface area contributed by atoms with Gasteiger partial charge in [0.05, 0.1) is 5.69 Å². The minimum absolute atomic E-state index is 0.372. The lowest BCUT2D eigenvalue weighted by molar-refractivity contribution is -0.0230. The lowest BCUT2D eigenvalue weighted by atomic mass is 9.87. The fraction of sp³-hybridized carbons (Fsp3) is 0.842. The third-order valence-corrected chi connectivity index (χ3v) is 6.08. The molecule has 0 N–H and O–H groups in total. The van der Waals surface area contributed by atoms with Gasteiger partial charge in [-0.1, -0.05) is 57.3 Å². The standard InChI is InChI=1S/C19H32F2N2OS/c1-4-17-16(22-18(25-17)24-14-19(3,20)21)13-23(5-2)12-11-15-9-7-6-8-10-15/h15H,4-14H2,1-3H3. The highest BCUT2D eigenvalue weighted by atomic mass is 32.1. The van der Waals surface area contributed by atoms with Gasteiger partial charge in [-0.15, -0.1) is 0 Å². The highest BCUT2D eigenvalue weighted by molar-refractivity contribution is 7.13. The van der Waals surface area contributed by atoms with Gasteiger partial charge in [0.2, 0.25) is 0 Å². The molecule has 144 valence electrons. The molecule has 6 heteroatoms. The topological polar surface area (TPSA) is 25.4 Å². The highest BCUT2D eigenvalue weighted by Crippen LogP contribution is 2.29. The van der Waals surface area contributed by atoms with Crippen molar-refractivity contribution < 1.29 is 13.5 Å². The second-order valence-electron chi connectivity index (χ2n) is 7.22. The SMILES string of the molecule is CCc1sc(OCC(C)(F)F)nc1CN(CC)CCC1CCCCC1. The van der Waals surface area contributed by atoms with Gasteiger partial charge in [0.15, 0.2) is 6.61 Å². The van der Waals surface area contributed by atoms with Crippen LogP contribution in [0, 0.1) is 5.92 Å². The first-order valence-electron chi connectivity index (χ1n) is 9.62. The smallest absolute Gasteiger partial charge is 0.278 e. The van der Waals surface area contributed by atoms with E-state index in [1.54, 1.807) is 0 Å². The van der Waals surface area contributed by atoms with Gasteiger partial charge < -0.3 is 4.74 Å². The van der Waals surface area contributed by atoms with Gasteiger partial charge in [0.1, 0.15) is 0 Å². The van der Waals surface area contributed by atoms with Crippen LogP contribution in [0.25, 0.3) is 0 Å². The number of ether oxygens (including phenoxy) is 1. The summed E-state index contributed by atoms with van der Waals surface area (Å²) in [7, 11) is 0. The fourth-order valence-corrected chi connectivity index (χ4v) is 4.27. The van der Waals surface area contributed by atoms with E-state index in [1.807, 2.05) is 0 Å². The minimum Gasteiger partial charge on any atom is -0.464 e. The molecule has 1 aromatic heterocycles. The molecule has 0 unspecified atom stereocenters. The van der Waals surface area contributed by atoms with Gasteiger partial charge >= 0.3 is 0 Å². The molecular weight excluding hydrogens is 342 g/mol. The van der Waals surface area contributed by atoms with Crippen LogP contribution < -0.4 is 4.74 Å². The molecule has 0 aliphatic heterocycles. The Hall–Kier alpha value is -0.750. The monoisotopic (exact) mass is 374 g/mol. The molecular formula is C19H32F2N2OS. The molecule has 1 fully saturated rings. The van der Waals surface area contributed by atoms with E-state index in [9.17, 15) is 8.78 Å². The third kappa shape index (κ3) is 7.18. The molecule has 3 nitrogen and oxygen atoms in total. The van der Waals surface area contributed by atoms with Gasteiger partial charge in [-0.3, -0.25) is 4.90 Å². The summed E-state index contributed by atoms with van der Waals surface area (Å²) >= 11 is 1.41. The Morgan fingerprint density at radius 1 is 1.24 bits per heavy atom. The number of thiazole rings is 1. The zero-order chi connectivity index (χ0) is 18.3. The number of aromatic nitrogens is 1. The molecule has 2 rings (SSSR count). The number of nitrogens with zero attached hydrogens (tertiary/aromatic N) is 2. The van der Waals surface area contributed by atoms with Crippen LogP contribution >= 0.6 is 11.3 Å².